The third-order valence-corrected chi connectivity index (χ3v) is 2.63. The summed E-state index contributed by atoms with van der Waals surface area (Å²) in [6.45, 7) is 1.91. The minimum atomic E-state index is -0.499. The Hall–Kier alpha value is -2.03. The first-order valence-corrected chi connectivity index (χ1v) is 5.21. The molecule has 0 radical (unpaired) electrons. The normalized spacial score (nSPS) is 12.3. The van der Waals surface area contributed by atoms with E-state index in [2.05, 4.69) is 23.5 Å². The van der Waals surface area contributed by atoms with Crippen LogP contribution in [0.3, 0.4) is 0 Å². The minimum Gasteiger partial charge on any atom is -0.352 e. The number of urea groups is 1. The van der Waals surface area contributed by atoms with Gasteiger partial charge in [-0.1, -0.05) is 36.4 Å². The van der Waals surface area contributed by atoms with Crippen molar-refractivity contribution in [3.8, 4) is 0 Å². The molecule has 0 aliphatic carbocycles. The molecule has 3 N–H and O–H groups in total. The summed E-state index contributed by atoms with van der Waals surface area (Å²) < 4.78 is 0. The molecule has 2 amide bonds. The van der Waals surface area contributed by atoms with Crippen LogP contribution in [0.1, 0.15) is 18.5 Å². The first-order valence-electron chi connectivity index (χ1n) is 5.21. The Balaban J connectivity index is 2.35. The van der Waals surface area contributed by atoms with E-state index in [-0.39, 0.29) is 6.04 Å². The number of carbonyl (C=O) groups is 1. The lowest BCUT2D eigenvalue weighted by atomic mass is 10.0. The number of benzene rings is 2. The topological polar surface area (TPSA) is 55.1 Å². The summed E-state index contributed by atoms with van der Waals surface area (Å²) in [6, 6.07) is 13.7. The largest absolute Gasteiger partial charge is 0.352 e. The van der Waals surface area contributed by atoms with Gasteiger partial charge in [-0.15, -0.1) is 0 Å². The number of fused-ring (bicyclic) bond motifs is 1. The maximum Gasteiger partial charge on any atom is 0.312 e. The molecule has 0 saturated heterocycles. The van der Waals surface area contributed by atoms with Gasteiger partial charge in [0.1, 0.15) is 0 Å². The molecule has 0 bridgehead atoms. The van der Waals surface area contributed by atoms with Gasteiger partial charge in [-0.3, -0.25) is 0 Å². The number of primary amides is 1. The van der Waals surface area contributed by atoms with E-state index in [0.717, 1.165) is 10.9 Å². The van der Waals surface area contributed by atoms with Crippen molar-refractivity contribution in [1.29, 1.82) is 0 Å². The Bertz CT molecular complexity index is 522. The summed E-state index contributed by atoms with van der Waals surface area (Å²) in [5, 5.41) is 5.02. The first kappa shape index (κ1) is 10.5. The number of nitrogens with two attached hydrogens (primary N) is 1. The molecular weight excluding hydrogens is 200 g/mol. The molecule has 0 aliphatic rings. The Kier molecular flexibility index (Phi) is 2.77. The van der Waals surface area contributed by atoms with Gasteiger partial charge in [0.05, 0.1) is 6.04 Å². The van der Waals surface area contributed by atoms with Crippen molar-refractivity contribution in [3.63, 3.8) is 0 Å². The number of nitrogens with one attached hydrogen (secondary N) is 1. The molecule has 3 nitrogen and oxygen atoms in total. The molecule has 0 spiro atoms. The van der Waals surface area contributed by atoms with Crippen LogP contribution in [0.25, 0.3) is 10.8 Å². The van der Waals surface area contributed by atoms with E-state index >= 15 is 0 Å². The van der Waals surface area contributed by atoms with Crippen molar-refractivity contribution in [1.82, 2.24) is 5.32 Å². The standard InChI is InChI=1S/C13H14N2O/c1-9(15-13(14)16)11-7-6-10-4-2-3-5-12(10)8-11/h2-9H,1H3,(H3,14,15,16)/t9-/m0/s1. The Labute approximate surface area is 94.3 Å². The molecule has 0 heterocycles. The lowest BCUT2D eigenvalue weighted by Gasteiger charge is -2.13. The fraction of sp³-hybridized carbons (Fsp3) is 0.154. The van der Waals surface area contributed by atoms with Crippen LogP contribution < -0.4 is 11.1 Å². The van der Waals surface area contributed by atoms with Crippen molar-refractivity contribution >= 4 is 16.8 Å². The zero-order valence-corrected chi connectivity index (χ0v) is 9.10. The van der Waals surface area contributed by atoms with Gasteiger partial charge in [-0.05, 0) is 29.3 Å². The highest BCUT2D eigenvalue weighted by atomic mass is 16.2. The first-order chi connectivity index (χ1) is 7.66. The van der Waals surface area contributed by atoms with Gasteiger partial charge in [0.2, 0.25) is 0 Å². The summed E-state index contributed by atoms with van der Waals surface area (Å²) in [4.78, 5) is 10.8. The Morgan fingerprint density at radius 2 is 1.88 bits per heavy atom. The van der Waals surface area contributed by atoms with E-state index in [0.29, 0.717) is 0 Å². The maximum absolute atomic E-state index is 10.8. The van der Waals surface area contributed by atoms with Crippen LogP contribution in [0.4, 0.5) is 4.79 Å². The van der Waals surface area contributed by atoms with E-state index in [1.807, 2.05) is 31.2 Å². The van der Waals surface area contributed by atoms with Crippen LogP contribution >= 0.6 is 0 Å². The minimum absolute atomic E-state index is 0.0675. The van der Waals surface area contributed by atoms with Crippen LogP contribution in [0.15, 0.2) is 42.5 Å². The monoisotopic (exact) mass is 214 g/mol. The van der Waals surface area contributed by atoms with Gasteiger partial charge in [-0.25, -0.2) is 4.79 Å². The van der Waals surface area contributed by atoms with Gasteiger partial charge in [0, 0.05) is 0 Å². The lowest BCUT2D eigenvalue weighted by Crippen LogP contribution is -2.31. The van der Waals surface area contributed by atoms with E-state index in [1.54, 1.807) is 0 Å². The Morgan fingerprint density at radius 3 is 2.56 bits per heavy atom. The third-order valence-electron chi connectivity index (χ3n) is 2.63. The maximum atomic E-state index is 10.8. The van der Waals surface area contributed by atoms with Crippen LogP contribution in [-0.4, -0.2) is 6.03 Å². The molecule has 0 aliphatic heterocycles. The molecule has 82 valence electrons. The number of hydrogen-bond donors (Lipinski definition) is 2. The highest BCUT2D eigenvalue weighted by molar-refractivity contribution is 5.83. The molecule has 2 rings (SSSR count). The van der Waals surface area contributed by atoms with Gasteiger partial charge >= 0.3 is 6.03 Å². The molecule has 3 heteroatoms. The van der Waals surface area contributed by atoms with Crippen molar-refractivity contribution < 1.29 is 4.79 Å². The summed E-state index contributed by atoms with van der Waals surface area (Å²) in [7, 11) is 0. The molecule has 0 unspecified atom stereocenters. The van der Waals surface area contributed by atoms with Crippen LogP contribution in [0.5, 0.6) is 0 Å². The van der Waals surface area contributed by atoms with E-state index < -0.39 is 6.03 Å². The van der Waals surface area contributed by atoms with Gasteiger partial charge < -0.3 is 11.1 Å². The molecule has 0 saturated carbocycles. The van der Waals surface area contributed by atoms with Gasteiger partial charge in [-0.2, -0.15) is 0 Å². The summed E-state index contributed by atoms with van der Waals surface area (Å²) in [5.74, 6) is 0. The van der Waals surface area contributed by atoms with Crippen molar-refractivity contribution in [2.45, 2.75) is 13.0 Å². The van der Waals surface area contributed by atoms with Gasteiger partial charge in [0.15, 0.2) is 0 Å². The van der Waals surface area contributed by atoms with Crippen LogP contribution in [-0.2, 0) is 0 Å². The molecule has 0 fully saturated rings. The molecule has 2 aromatic rings. The van der Waals surface area contributed by atoms with Crippen LogP contribution in [0, 0.1) is 0 Å². The second-order valence-electron chi connectivity index (χ2n) is 3.84. The quantitative estimate of drug-likeness (QED) is 0.793. The molecule has 0 aromatic heterocycles. The van der Waals surface area contributed by atoms with E-state index in [4.69, 9.17) is 5.73 Å². The average molecular weight is 214 g/mol. The Morgan fingerprint density at radius 1 is 1.19 bits per heavy atom. The predicted octanol–water partition coefficient (Wildman–Crippen LogP) is 2.57. The number of carbonyl (C=O) groups excluding carboxylic acids is 1. The second kappa shape index (κ2) is 4.23. The molecule has 1 atom stereocenters. The zero-order valence-electron chi connectivity index (χ0n) is 9.10. The number of hydrogen-bond acceptors (Lipinski definition) is 1. The van der Waals surface area contributed by atoms with Crippen LogP contribution in [0.2, 0.25) is 0 Å². The number of amides is 2. The SMILES string of the molecule is C[C@H](NC(N)=O)c1ccc2ccccc2c1. The third kappa shape index (κ3) is 2.14. The fourth-order valence-corrected chi connectivity index (χ4v) is 1.77. The van der Waals surface area contributed by atoms with Crippen molar-refractivity contribution in [2.24, 2.45) is 5.73 Å². The predicted molar refractivity (Wildman–Crippen MR) is 65.1 cm³/mol. The lowest BCUT2D eigenvalue weighted by molar-refractivity contribution is 0.246. The second-order valence-corrected chi connectivity index (χ2v) is 3.84. The van der Waals surface area contributed by atoms with Crippen molar-refractivity contribution in [3.05, 3.63) is 48.0 Å². The summed E-state index contributed by atoms with van der Waals surface area (Å²) in [5.41, 5.74) is 6.15. The molecular formula is C13H14N2O. The molecule has 16 heavy (non-hydrogen) atoms. The molecule has 2 aromatic carbocycles. The van der Waals surface area contributed by atoms with Gasteiger partial charge in [0.25, 0.3) is 0 Å². The smallest absolute Gasteiger partial charge is 0.312 e. The zero-order chi connectivity index (χ0) is 11.5. The summed E-state index contributed by atoms with van der Waals surface area (Å²) >= 11 is 0. The van der Waals surface area contributed by atoms with Crippen molar-refractivity contribution in [2.75, 3.05) is 0 Å². The fourth-order valence-electron chi connectivity index (χ4n) is 1.77. The summed E-state index contributed by atoms with van der Waals surface area (Å²) in [6.07, 6.45) is 0. The number of rotatable bonds is 2. The van der Waals surface area contributed by atoms with E-state index in [9.17, 15) is 4.79 Å². The van der Waals surface area contributed by atoms with E-state index in [1.165, 1.54) is 5.39 Å². The average Bonchev–Trinajstić information content (AvgIpc) is 2.27. The highest BCUT2D eigenvalue weighted by Crippen LogP contribution is 2.19. The highest BCUT2D eigenvalue weighted by Gasteiger charge is 2.06.